The zero-order chi connectivity index (χ0) is 13.8. The monoisotopic (exact) mass is 395 g/mol. The van der Waals surface area contributed by atoms with E-state index in [1.165, 1.54) is 24.8 Å². The van der Waals surface area contributed by atoms with Crippen LogP contribution in [0.4, 0.5) is 0 Å². The summed E-state index contributed by atoms with van der Waals surface area (Å²) >= 11 is 0. The minimum absolute atomic E-state index is 0. The van der Waals surface area contributed by atoms with Gasteiger partial charge in [0.15, 0.2) is 5.96 Å². The molecule has 0 aliphatic carbocycles. The van der Waals surface area contributed by atoms with Gasteiger partial charge in [-0.1, -0.05) is 31.4 Å². The lowest BCUT2D eigenvalue weighted by molar-refractivity contribution is 0.153. The second-order valence-electron chi connectivity index (χ2n) is 4.83. The minimum atomic E-state index is 0. The Morgan fingerprint density at radius 3 is 2.80 bits per heavy atom. The maximum absolute atomic E-state index is 5.31. The first-order chi connectivity index (χ1) is 9.36. The second-order valence-corrected chi connectivity index (χ2v) is 4.83. The number of hydrogen-bond donors (Lipinski definition) is 2. The van der Waals surface area contributed by atoms with E-state index in [4.69, 9.17) is 4.74 Å². The van der Waals surface area contributed by atoms with Crippen molar-refractivity contribution in [1.29, 1.82) is 0 Å². The quantitative estimate of drug-likeness (QED) is 0.218. The van der Waals surface area contributed by atoms with E-state index in [0.717, 1.165) is 51.6 Å². The van der Waals surface area contributed by atoms with Crippen LogP contribution in [0.15, 0.2) is 16.6 Å². The molecule has 5 heteroatoms. The molecule has 4 nitrogen and oxygen atoms in total. The maximum atomic E-state index is 5.31. The normalized spacial score (nSPS) is 15.3. The predicted molar refractivity (Wildman–Crippen MR) is 97.1 cm³/mol. The molecule has 1 aliphatic rings. The maximum Gasteiger partial charge on any atom is 0.191 e. The zero-order valence-corrected chi connectivity index (χ0v) is 15.2. The largest absolute Gasteiger partial charge is 0.377 e. The van der Waals surface area contributed by atoms with Crippen LogP contribution in [0.5, 0.6) is 0 Å². The molecule has 1 rings (SSSR count). The highest BCUT2D eigenvalue weighted by Crippen LogP contribution is 2.10. The summed E-state index contributed by atoms with van der Waals surface area (Å²) in [7, 11) is 0. The molecule has 0 fully saturated rings. The van der Waals surface area contributed by atoms with Crippen molar-refractivity contribution in [2.24, 2.45) is 4.99 Å². The van der Waals surface area contributed by atoms with E-state index < -0.39 is 0 Å². The van der Waals surface area contributed by atoms with Crippen molar-refractivity contribution in [2.75, 3.05) is 32.8 Å². The van der Waals surface area contributed by atoms with Gasteiger partial charge in [0.25, 0.3) is 0 Å². The van der Waals surface area contributed by atoms with Crippen LogP contribution in [0, 0.1) is 0 Å². The molecular weight excluding hydrogens is 365 g/mol. The molecule has 0 unspecified atom stereocenters. The van der Waals surface area contributed by atoms with Crippen molar-refractivity contribution in [3.63, 3.8) is 0 Å². The Hall–Kier alpha value is -0.300. The Labute approximate surface area is 140 Å². The molecule has 0 aromatic heterocycles. The van der Waals surface area contributed by atoms with Crippen LogP contribution in [-0.2, 0) is 4.74 Å². The third-order valence-electron chi connectivity index (χ3n) is 3.17. The Balaban J connectivity index is 0.00000361. The Bertz CT molecular complexity index is 293. The summed E-state index contributed by atoms with van der Waals surface area (Å²) in [5.41, 5.74) is 1.50. The smallest absolute Gasteiger partial charge is 0.191 e. The van der Waals surface area contributed by atoms with Crippen LogP contribution >= 0.6 is 24.0 Å². The van der Waals surface area contributed by atoms with E-state index in [2.05, 4.69) is 35.5 Å². The molecule has 0 aromatic carbocycles. The Morgan fingerprint density at radius 1 is 1.30 bits per heavy atom. The molecular formula is C15H30IN3O. The van der Waals surface area contributed by atoms with Gasteiger partial charge in [-0.25, -0.2) is 0 Å². The molecule has 0 amide bonds. The fourth-order valence-corrected chi connectivity index (χ4v) is 2.03. The lowest BCUT2D eigenvalue weighted by Crippen LogP contribution is -2.38. The lowest BCUT2D eigenvalue weighted by atomic mass is 10.1. The third kappa shape index (κ3) is 9.58. The SMILES string of the molecule is CCCCCN=C(NCC)NCCC1=CCOCC1.I. The van der Waals surface area contributed by atoms with Gasteiger partial charge in [0.05, 0.1) is 13.2 Å². The summed E-state index contributed by atoms with van der Waals surface area (Å²) in [4.78, 5) is 4.58. The van der Waals surface area contributed by atoms with Crippen molar-refractivity contribution in [1.82, 2.24) is 10.6 Å². The molecule has 0 radical (unpaired) electrons. The molecule has 0 aromatic rings. The summed E-state index contributed by atoms with van der Waals surface area (Å²) in [5, 5.41) is 6.69. The number of aliphatic imine (C=N–C) groups is 1. The molecule has 0 saturated heterocycles. The van der Waals surface area contributed by atoms with Gasteiger partial charge in [0.2, 0.25) is 0 Å². The van der Waals surface area contributed by atoms with Gasteiger partial charge in [0.1, 0.15) is 0 Å². The van der Waals surface area contributed by atoms with E-state index in [-0.39, 0.29) is 24.0 Å². The molecule has 1 aliphatic heterocycles. The lowest BCUT2D eigenvalue weighted by Gasteiger charge is -2.15. The highest BCUT2D eigenvalue weighted by molar-refractivity contribution is 14.0. The summed E-state index contributed by atoms with van der Waals surface area (Å²) < 4.78 is 5.31. The van der Waals surface area contributed by atoms with Crippen LogP contribution in [0.1, 0.15) is 46.0 Å². The number of nitrogens with zero attached hydrogens (tertiary/aromatic N) is 1. The number of guanidine groups is 1. The summed E-state index contributed by atoms with van der Waals surface area (Å²) in [6.45, 7) is 8.75. The van der Waals surface area contributed by atoms with Gasteiger partial charge >= 0.3 is 0 Å². The predicted octanol–water partition coefficient (Wildman–Crippen LogP) is 3.09. The van der Waals surface area contributed by atoms with Gasteiger partial charge in [-0.2, -0.15) is 0 Å². The topological polar surface area (TPSA) is 45.7 Å². The number of nitrogens with one attached hydrogen (secondary N) is 2. The van der Waals surface area contributed by atoms with E-state index in [1.807, 2.05) is 0 Å². The standard InChI is InChI=1S/C15H29N3O.HI/c1-3-5-6-10-17-15(16-4-2)18-11-7-14-8-12-19-13-9-14;/h8H,3-7,9-13H2,1-2H3,(H2,16,17,18);1H. The first-order valence-electron chi connectivity index (χ1n) is 7.64. The van der Waals surface area contributed by atoms with Crippen LogP contribution in [-0.4, -0.2) is 38.8 Å². The minimum Gasteiger partial charge on any atom is -0.377 e. The fourth-order valence-electron chi connectivity index (χ4n) is 2.03. The van der Waals surface area contributed by atoms with Crippen LogP contribution in [0.2, 0.25) is 0 Å². The molecule has 0 bridgehead atoms. The van der Waals surface area contributed by atoms with E-state index >= 15 is 0 Å². The van der Waals surface area contributed by atoms with Gasteiger partial charge in [-0.15, -0.1) is 24.0 Å². The number of rotatable bonds is 8. The highest BCUT2D eigenvalue weighted by Gasteiger charge is 2.03. The molecule has 0 spiro atoms. The van der Waals surface area contributed by atoms with Crippen molar-refractivity contribution in [3.05, 3.63) is 11.6 Å². The molecule has 20 heavy (non-hydrogen) atoms. The van der Waals surface area contributed by atoms with Crippen LogP contribution < -0.4 is 10.6 Å². The fraction of sp³-hybridized carbons (Fsp3) is 0.800. The number of halogens is 1. The van der Waals surface area contributed by atoms with E-state index in [0.29, 0.717) is 0 Å². The Morgan fingerprint density at radius 2 is 2.15 bits per heavy atom. The first-order valence-corrected chi connectivity index (χ1v) is 7.64. The van der Waals surface area contributed by atoms with E-state index in [9.17, 15) is 0 Å². The first kappa shape index (κ1) is 19.7. The van der Waals surface area contributed by atoms with Gasteiger partial charge in [0, 0.05) is 19.6 Å². The average Bonchev–Trinajstić information content (AvgIpc) is 2.44. The Kier molecular flexibility index (Phi) is 13.5. The van der Waals surface area contributed by atoms with Gasteiger partial charge < -0.3 is 15.4 Å². The molecule has 118 valence electrons. The molecule has 1 heterocycles. The summed E-state index contributed by atoms with van der Waals surface area (Å²) in [6.07, 6.45) is 8.05. The van der Waals surface area contributed by atoms with Crippen molar-refractivity contribution < 1.29 is 4.74 Å². The molecule has 0 saturated carbocycles. The van der Waals surface area contributed by atoms with Crippen molar-refractivity contribution >= 4 is 29.9 Å². The van der Waals surface area contributed by atoms with Crippen molar-refractivity contribution in [3.8, 4) is 0 Å². The van der Waals surface area contributed by atoms with Crippen LogP contribution in [0.3, 0.4) is 0 Å². The molecule has 0 atom stereocenters. The number of ether oxygens (including phenoxy) is 1. The van der Waals surface area contributed by atoms with Gasteiger partial charge in [-0.3, -0.25) is 4.99 Å². The zero-order valence-electron chi connectivity index (χ0n) is 12.9. The third-order valence-corrected chi connectivity index (χ3v) is 3.17. The number of hydrogen-bond acceptors (Lipinski definition) is 2. The van der Waals surface area contributed by atoms with Gasteiger partial charge in [-0.05, 0) is 26.2 Å². The van der Waals surface area contributed by atoms with Crippen LogP contribution in [0.25, 0.3) is 0 Å². The summed E-state index contributed by atoms with van der Waals surface area (Å²) in [6, 6.07) is 0. The molecule has 2 N–H and O–H groups in total. The average molecular weight is 395 g/mol. The van der Waals surface area contributed by atoms with Crippen molar-refractivity contribution in [2.45, 2.75) is 46.0 Å². The highest BCUT2D eigenvalue weighted by atomic mass is 127. The second kappa shape index (κ2) is 13.7. The number of unbranched alkanes of at least 4 members (excludes halogenated alkanes) is 2. The summed E-state index contributed by atoms with van der Waals surface area (Å²) in [5.74, 6) is 0.950. The van der Waals surface area contributed by atoms with E-state index in [1.54, 1.807) is 0 Å².